The maximum atomic E-state index is 13.3. The predicted octanol–water partition coefficient (Wildman–Crippen LogP) is 6.47. The Morgan fingerprint density at radius 2 is 1.76 bits per heavy atom. The van der Waals surface area contributed by atoms with Crippen molar-refractivity contribution in [1.82, 2.24) is 29.7 Å². The van der Waals surface area contributed by atoms with Crippen LogP contribution in [0, 0.1) is 12.8 Å². The van der Waals surface area contributed by atoms with Crippen LogP contribution in [-0.4, -0.2) is 42.3 Å². The third-order valence-corrected chi connectivity index (χ3v) is 6.95. The Labute approximate surface area is 243 Å². The molecule has 5 aromatic rings. The number of benzene rings is 2. The predicted molar refractivity (Wildman–Crippen MR) is 163 cm³/mol. The molecule has 1 aliphatic rings. The van der Waals surface area contributed by atoms with Crippen LogP contribution in [0.5, 0.6) is 11.6 Å². The number of hydrogen-bond donors (Lipinski definition) is 3. The second-order valence-corrected chi connectivity index (χ2v) is 11.4. The molecule has 11 nitrogen and oxygen atoms in total. The van der Waals surface area contributed by atoms with E-state index in [1.807, 2.05) is 49.4 Å². The van der Waals surface area contributed by atoms with Gasteiger partial charge in [0, 0.05) is 41.1 Å². The highest BCUT2D eigenvalue weighted by molar-refractivity contribution is 6.07. The Kier molecular flexibility index (Phi) is 7.15. The van der Waals surface area contributed by atoms with Gasteiger partial charge < -0.3 is 15.4 Å². The summed E-state index contributed by atoms with van der Waals surface area (Å²) in [6.07, 6.45) is 7.54. The lowest BCUT2D eigenvalue weighted by Crippen LogP contribution is -2.21. The average Bonchev–Trinajstić information content (AvgIpc) is 3.71. The summed E-state index contributed by atoms with van der Waals surface area (Å²) in [5.41, 5.74) is 1.87. The van der Waals surface area contributed by atoms with Gasteiger partial charge in [0.1, 0.15) is 23.1 Å². The Balaban J connectivity index is 1.23. The standard InChI is InChI=1S/C31H33N9O2/c1-19-33-17-21(18-34-19)40-27(15-26(39-40)31(2,3)4)37-30(41)36-24-11-12-25(23-8-6-5-7-22(23)24)42-28-13-14-32-29(38-28)35-16-20-9-10-20/h5-8,11-15,17-18,20H,9-10,16H2,1-4H3,(H,32,35,38)(H2,36,37,41). The average molecular weight is 564 g/mol. The summed E-state index contributed by atoms with van der Waals surface area (Å²) >= 11 is 0. The molecule has 0 aliphatic heterocycles. The number of carbonyl (C=O) groups excluding carboxylic acids is 1. The van der Waals surface area contributed by atoms with E-state index in [0.717, 1.165) is 23.0 Å². The molecule has 2 aromatic carbocycles. The van der Waals surface area contributed by atoms with Crippen molar-refractivity contribution in [1.29, 1.82) is 0 Å². The molecule has 11 heteroatoms. The van der Waals surface area contributed by atoms with Crippen molar-refractivity contribution in [3.8, 4) is 17.3 Å². The smallest absolute Gasteiger partial charge is 0.324 e. The van der Waals surface area contributed by atoms with Crippen molar-refractivity contribution >= 4 is 34.3 Å². The van der Waals surface area contributed by atoms with Crippen LogP contribution in [0.3, 0.4) is 0 Å². The summed E-state index contributed by atoms with van der Waals surface area (Å²) in [6.45, 7) is 8.89. The van der Waals surface area contributed by atoms with Gasteiger partial charge in [-0.05, 0) is 37.8 Å². The summed E-state index contributed by atoms with van der Waals surface area (Å²) in [5.74, 6) is 3.47. The molecule has 0 spiro atoms. The number of nitrogens with zero attached hydrogens (tertiary/aromatic N) is 6. The van der Waals surface area contributed by atoms with E-state index in [0.29, 0.717) is 46.5 Å². The van der Waals surface area contributed by atoms with E-state index in [2.05, 4.69) is 56.7 Å². The summed E-state index contributed by atoms with van der Waals surface area (Å²) in [5, 5.41) is 15.6. The molecule has 1 fully saturated rings. The molecule has 0 bridgehead atoms. The number of fused-ring (bicyclic) bond motifs is 1. The quantitative estimate of drug-likeness (QED) is 0.196. The van der Waals surface area contributed by atoms with Gasteiger partial charge in [-0.2, -0.15) is 10.1 Å². The third-order valence-electron chi connectivity index (χ3n) is 6.95. The Hall–Kier alpha value is -5.06. The monoisotopic (exact) mass is 563 g/mol. The topological polar surface area (TPSA) is 132 Å². The minimum Gasteiger partial charge on any atom is -0.438 e. The first-order chi connectivity index (χ1) is 20.2. The lowest BCUT2D eigenvalue weighted by Gasteiger charge is -2.14. The van der Waals surface area contributed by atoms with Crippen LogP contribution < -0.4 is 20.7 Å². The van der Waals surface area contributed by atoms with Crippen LogP contribution in [0.15, 0.2) is 67.1 Å². The molecule has 42 heavy (non-hydrogen) atoms. The highest BCUT2D eigenvalue weighted by Crippen LogP contribution is 2.35. The van der Waals surface area contributed by atoms with Crippen molar-refractivity contribution in [2.75, 3.05) is 22.5 Å². The van der Waals surface area contributed by atoms with Crippen molar-refractivity contribution in [2.45, 2.75) is 46.0 Å². The fourth-order valence-corrected chi connectivity index (χ4v) is 4.42. The molecule has 3 heterocycles. The maximum absolute atomic E-state index is 13.3. The molecule has 0 radical (unpaired) electrons. The molecular weight excluding hydrogens is 530 g/mol. The fourth-order valence-electron chi connectivity index (χ4n) is 4.42. The molecular formula is C31H33N9O2. The van der Waals surface area contributed by atoms with E-state index in [1.165, 1.54) is 12.8 Å². The van der Waals surface area contributed by atoms with Gasteiger partial charge in [0.15, 0.2) is 0 Å². The molecule has 214 valence electrons. The van der Waals surface area contributed by atoms with Gasteiger partial charge >= 0.3 is 6.03 Å². The van der Waals surface area contributed by atoms with E-state index >= 15 is 0 Å². The normalized spacial score (nSPS) is 13.1. The van der Waals surface area contributed by atoms with Gasteiger partial charge in [0.05, 0.1) is 23.8 Å². The number of hydrogen-bond acceptors (Lipinski definition) is 8. The van der Waals surface area contributed by atoms with Crippen molar-refractivity contribution in [3.63, 3.8) is 0 Å². The van der Waals surface area contributed by atoms with E-state index in [1.54, 1.807) is 29.3 Å². The lowest BCUT2D eigenvalue weighted by molar-refractivity contribution is 0.262. The van der Waals surface area contributed by atoms with Gasteiger partial charge in [-0.1, -0.05) is 45.0 Å². The van der Waals surface area contributed by atoms with Gasteiger partial charge in [-0.25, -0.2) is 24.4 Å². The fraction of sp³-hybridized carbons (Fsp3) is 0.290. The first-order valence-electron chi connectivity index (χ1n) is 14.0. The first kappa shape index (κ1) is 27.1. The lowest BCUT2D eigenvalue weighted by atomic mass is 9.92. The van der Waals surface area contributed by atoms with Crippen LogP contribution in [0.1, 0.15) is 45.1 Å². The number of urea groups is 1. The number of amides is 2. The van der Waals surface area contributed by atoms with E-state index in [9.17, 15) is 4.79 Å². The Morgan fingerprint density at radius 1 is 1.00 bits per heavy atom. The number of rotatable bonds is 8. The molecule has 1 aliphatic carbocycles. The molecule has 0 unspecified atom stereocenters. The van der Waals surface area contributed by atoms with Crippen LogP contribution in [-0.2, 0) is 5.41 Å². The zero-order chi connectivity index (χ0) is 29.3. The summed E-state index contributed by atoms with van der Waals surface area (Å²) in [7, 11) is 0. The number of aryl methyl sites for hydroxylation is 1. The molecule has 2 amide bonds. The highest BCUT2D eigenvalue weighted by atomic mass is 16.5. The summed E-state index contributed by atoms with van der Waals surface area (Å²) in [6, 6.07) is 14.5. The minimum atomic E-state index is -0.411. The first-order valence-corrected chi connectivity index (χ1v) is 14.0. The molecule has 3 N–H and O–H groups in total. The van der Waals surface area contributed by atoms with Crippen LogP contribution >= 0.6 is 0 Å². The minimum absolute atomic E-state index is 0.229. The third kappa shape index (κ3) is 6.14. The van der Waals surface area contributed by atoms with E-state index < -0.39 is 6.03 Å². The van der Waals surface area contributed by atoms with Crippen molar-refractivity contribution < 1.29 is 9.53 Å². The number of nitrogens with one attached hydrogen (secondary N) is 3. The molecule has 0 atom stereocenters. The van der Waals surface area contributed by atoms with Crippen molar-refractivity contribution in [3.05, 3.63) is 78.6 Å². The number of ether oxygens (including phenoxy) is 1. The maximum Gasteiger partial charge on any atom is 0.324 e. The zero-order valence-electron chi connectivity index (χ0n) is 24.0. The summed E-state index contributed by atoms with van der Waals surface area (Å²) < 4.78 is 7.82. The van der Waals surface area contributed by atoms with E-state index in [4.69, 9.17) is 9.84 Å². The Morgan fingerprint density at radius 3 is 2.50 bits per heavy atom. The van der Waals surface area contributed by atoms with Crippen LogP contribution in [0.2, 0.25) is 0 Å². The van der Waals surface area contributed by atoms with Gasteiger partial charge in [0.25, 0.3) is 0 Å². The largest absolute Gasteiger partial charge is 0.438 e. The highest BCUT2D eigenvalue weighted by Gasteiger charge is 2.23. The number of anilines is 3. The second-order valence-electron chi connectivity index (χ2n) is 11.4. The Bertz CT molecular complexity index is 1740. The van der Waals surface area contributed by atoms with Crippen molar-refractivity contribution in [2.24, 2.45) is 5.92 Å². The molecule has 6 rings (SSSR count). The number of carbonyl (C=O) groups is 1. The van der Waals surface area contributed by atoms with Gasteiger partial charge in [-0.15, -0.1) is 0 Å². The van der Waals surface area contributed by atoms with Gasteiger partial charge in [0.2, 0.25) is 11.8 Å². The number of aromatic nitrogens is 6. The molecule has 1 saturated carbocycles. The SMILES string of the molecule is Cc1ncc(-n2nc(C(C)(C)C)cc2NC(=O)Nc2ccc(Oc3ccnc(NCC4CC4)n3)c3ccccc23)cn1. The van der Waals surface area contributed by atoms with Gasteiger partial charge in [-0.3, -0.25) is 5.32 Å². The second kappa shape index (κ2) is 11.1. The van der Waals surface area contributed by atoms with Crippen LogP contribution in [0.4, 0.5) is 22.2 Å². The zero-order valence-corrected chi connectivity index (χ0v) is 24.0. The van der Waals surface area contributed by atoms with Crippen LogP contribution in [0.25, 0.3) is 16.5 Å². The molecule has 0 saturated heterocycles. The summed E-state index contributed by atoms with van der Waals surface area (Å²) in [4.78, 5) is 30.7. The van der Waals surface area contributed by atoms with E-state index in [-0.39, 0.29) is 5.41 Å². The molecule has 3 aromatic heterocycles.